The van der Waals surface area contributed by atoms with Gasteiger partial charge in [-0.3, -0.25) is 10.1 Å². The predicted octanol–water partition coefficient (Wildman–Crippen LogP) is 3.98. The number of methoxy groups -OCH3 is 1. The quantitative estimate of drug-likeness (QED) is 0.505. The van der Waals surface area contributed by atoms with E-state index in [2.05, 4.69) is 31.1 Å². The Kier molecular flexibility index (Phi) is 5.42. The van der Waals surface area contributed by atoms with E-state index in [0.29, 0.717) is 17.4 Å². The molecule has 0 fully saturated rings. The maximum absolute atomic E-state index is 13.0. The maximum atomic E-state index is 13.0. The number of aromatic nitrogens is 5. The Morgan fingerprint density at radius 2 is 1.97 bits per heavy atom. The van der Waals surface area contributed by atoms with Crippen LogP contribution >= 0.6 is 0 Å². The average molecular weight is 443 g/mol. The van der Waals surface area contributed by atoms with E-state index in [1.165, 1.54) is 0 Å². The van der Waals surface area contributed by atoms with Gasteiger partial charge in [-0.15, -0.1) is 10.2 Å². The lowest BCUT2D eigenvalue weighted by atomic mass is 9.90. The smallest absolute Gasteiger partial charge is 0.257 e. The van der Waals surface area contributed by atoms with Crippen molar-refractivity contribution < 1.29 is 9.53 Å². The molecule has 3 heterocycles. The van der Waals surface area contributed by atoms with Crippen molar-refractivity contribution in [3.63, 3.8) is 0 Å². The molecule has 0 saturated carbocycles. The standard InChI is InChI=1S/C25H26N6O2/c1-16-28-29-23-12-9-20(15-31(16)23)18-5-4-6-19(13-18)24(32)27-25-26-14-22(30(25)2)17-7-10-21(33-3)11-8-17/h4-8,10-11,13-14,20H,9,12,15H2,1-3H3,(H,26,27,32). The molecule has 33 heavy (non-hydrogen) atoms. The molecule has 0 aliphatic carbocycles. The summed E-state index contributed by atoms with van der Waals surface area (Å²) in [4.78, 5) is 17.5. The predicted molar refractivity (Wildman–Crippen MR) is 125 cm³/mol. The number of anilines is 1. The molecule has 1 unspecified atom stereocenters. The second kappa shape index (κ2) is 8.54. The summed E-state index contributed by atoms with van der Waals surface area (Å²) < 4.78 is 9.28. The first-order valence-corrected chi connectivity index (χ1v) is 11.0. The molecule has 0 radical (unpaired) electrons. The molecule has 1 N–H and O–H groups in total. The highest BCUT2D eigenvalue weighted by Gasteiger charge is 2.23. The minimum atomic E-state index is -0.177. The SMILES string of the molecule is COc1ccc(-c2cnc(NC(=O)c3cccc(C4CCc5nnc(C)n5C4)c3)n2C)cc1. The lowest BCUT2D eigenvalue weighted by Gasteiger charge is -2.24. The fourth-order valence-corrected chi connectivity index (χ4v) is 4.40. The molecule has 168 valence electrons. The van der Waals surface area contributed by atoms with Crippen LogP contribution in [0.4, 0.5) is 5.95 Å². The first kappa shape index (κ1) is 20.9. The Hall–Kier alpha value is -3.94. The summed E-state index contributed by atoms with van der Waals surface area (Å²) in [6, 6.07) is 15.6. The van der Waals surface area contributed by atoms with Gasteiger partial charge in [-0.25, -0.2) is 4.98 Å². The van der Waals surface area contributed by atoms with Crippen LogP contribution in [0, 0.1) is 6.92 Å². The number of imidazole rings is 1. The molecule has 2 aromatic carbocycles. The summed E-state index contributed by atoms with van der Waals surface area (Å²) in [5, 5.41) is 11.4. The number of amides is 1. The van der Waals surface area contributed by atoms with E-state index in [-0.39, 0.29) is 5.91 Å². The van der Waals surface area contributed by atoms with Crippen molar-refractivity contribution in [2.45, 2.75) is 32.2 Å². The van der Waals surface area contributed by atoms with Crippen LogP contribution in [0.2, 0.25) is 0 Å². The van der Waals surface area contributed by atoms with E-state index in [1.807, 2.05) is 61.0 Å². The van der Waals surface area contributed by atoms with Crippen LogP contribution in [0.25, 0.3) is 11.3 Å². The van der Waals surface area contributed by atoms with Gasteiger partial charge in [0.05, 0.1) is 19.0 Å². The third-order valence-electron chi connectivity index (χ3n) is 6.35. The minimum absolute atomic E-state index is 0.177. The number of carbonyl (C=O) groups is 1. The summed E-state index contributed by atoms with van der Waals surface area (Å²) in [5.41, 5.74) is 3.67. The molecule has 1 amide bonds. The average Bonchev–Trinajstić information content (AvgIpc) is 3.41. The largest absolute Gasteiger partial charge is 0.497 e. The van der Waals surface area contributed by atoms with Gasteiger partial charge in [0.15, 0.2) is 0 Å². The third kappa shape index (κ3) is 4.00. The molecule has 2 aromatic heterocycles. The van der Waals surface area contributed by atoms with Crippen molar-refractivity contribution in [2.24, 2.45) is 7.05 Å². The van der Waals surface area contributed by atoms with Crippen LogP contribution in [0.3, 0.4) is 0 Å². The Morgan fingerprint density at radius 3 is 2.76 bits per heavy atom. The number of nitrogens with one attached hydrogen (secondary N) is 1. The summed E-state index contributed by atoms with van der Waals surface area (Å²) >= 11 is 0. The van der Waals surface area contributed by atoms with Crippen molar-refractivity contribution >= 4 is 11.9 Å². The van der Waals surface area contributed by atoms with Crippen molar-refractivity contribution in [3.8, 4) is 17.0 Å². The highest BCUT2D eigenvalue weighted by molar-refractivity contribution is 6.03. The molecule has 5 rings (SSSR count). The van der Waals surface area contributed by atoms with Crippen LogP contribution in [-0.4, -0.2) is 37.3 Å². The van der Waals surface area contributed by atoms with Crippen LogP contribution in [0.1, 0.15) is 39.9 Å². The number of fused-ring (bicyclic) bond motifs is 1. The first-order valence-electron chi connectivity index (χ1n) is 11.0. The molecule has 0 bridgehead atoms. The number of carbonyl (C=O) groups excluding carboxylic acids is 1. The van der Waals surface area contributed by atoms with Gasteiger partial charge in [-0.05, 0) is 55.3 Å². The molecule has 1 aliphatic rings. The third-order valence-corrected chi connectivity index (χ3v) is 6.35. The number of hydrogen-bond donors (Lipinski definition) is 1. The van der Waals surface area contributed by atoms with Gasteiger partial charge in [-0.1, -0.05) is 12.1 Å². The topological polar surface area (TPSA) is 86.9 Å². The molecule has 0 spiro atoms. The second-order valence-corrected chi connectivity index (χ2v) is 8.34. The monoisotopic (exact) mass is 442 g/mol. The summed E-state index contributed by atoms with van der Waals surface area (Å²) in [7, 11) is 3.53. The van der Waals surface area contributed by atoms with Crippen molar-refractivity contribution in [3.05, 3.63) is 77.5 Å². The van der Waals surface area contributed by atoms with Crippen molar-refractivity contribution in [1.29, 1.82) is 0 Å². The summed E-state index contributed by atoms with van der Waals surface area (Å²) in [5.74, 6) is 3.42. The number of benzene rings is 2. The van der Waals surface area contributed by atoms with Crippen LogP contribution < -0.4 is 10.1 Å². The fourth-order valence-electron chi connectivity index (χ4n) is 4.40. The van der Waals surface area contributed by atoms with Gasteiger partial charge in [0.25, 0.3) is 5.91 Å². The lowest BCUT2D eigenvalue weighted by Crippen LogP contribution is -2.20. The number of hydrogen-bond acceptors (Lipinski definition) is 5. The molecule has 8 heteroatoms. The fraction of sp³-hybridized carbons (Fsp3) is 0.280. The van der Waals surface area contributed by atoms with Gasteiger partial charge in [0.2, 0.25) is 5.95 Å². The zero-order chi connectivity index (χ0) is 22.9. The zero-order valence-electron chi connectivity index (χ0n) is 18.9. The van der Waals surface area contributed by atoms with Gasteiger partial charge in [0.1, 0.15) is 17.4 Å². The normalized spacial score (nSPS) is 15.2. The Balaban J connectivity index is 1.33. The number of aryl methyl sites for hydroxylation is 2. The molecular weight excluding hydrogens is 416 g/mol. The number of rotatable bonds is 5. The molecule has 8 nitrogen and oxygen atoms in total. The molecule has 1 atom stereocenters. The van der Waals surface area contributed by atoms with Crippen LogP contribution in [0.15, 0.2) is 54.7 Å². The minimum Gasteiger partial charge on any atom is -0.497 e. The van der Waals surface area contributed by atoms with Crippen molar-refractivity contribution in [1.82, 2.24) is 24.3 Å². The maximum Gasteiger partial charge on any atom is 0.257 e. The second-order valence-electron chi connectivity index (χ2n) is 8.34. The van der Waals surface area contributed by atoms with E-state index in [4.69, 9.17) is 4.74 Å². The zero-order valence-corrected chi connectivity index (χ0v) is 18.9. The highest BCUT2D eigenvalue weighted by Crippen LogP contribution is 2.30. The van der Waals surface area contributed by atoms with E-state index in [9.17, 15) is 4.79 Å². The van der Waals surface area contributed by atoms with Crippen LogP contribution in [-0.2, 0) is 20.0 Å². The van der Waals surface area contributed by atoms with Gasteiger partial charge in [-0.2, -0.15) is 0 Å². The van der Waals surface area contributed by atoms with E-state index >= 15 is 0 Å². The Morgan fingerprint density at radius 1 is 1.15 bits per heavy atom. The first-order chi connectivity index (χ1) is 16.0. The van der Waals surface area contributed by atoms with Crippen molar-refractivity contribution in [2.75, 3.05) is 12.4 Å². The van der Waals surface area contributed by atoms with Gasteiger partial charge in [0, 0.05) is 37.1 Å². The molecule has 1 aliphatic heterocycles. The summed E-state index contributed by atoms with van der Waals surface area (Å²) in [6.45, 7) is 2.82. The van der Waals surface area contributed by atoms with Crippen LogP contribution in [0.5, 0.6) is 5.75 Å². The van der Waals surface area contributed by atoms with E-state index in [0.717, 1.165) is 53.6 Å². The molecule has 0 saturated heterocycles. The van der Waals surface area contributed by atoms with E-state index in [1.54, 1.807) is 13.3 Å². The highest BCUT2D eigenvalue weighted by atomic mass is 16.5. The van der Waals surface area contributed by atoms with Gasteiger partial charge >= 0.3 is 0 Å². The Labute approximate surface area is 192 Å². The number of ether oxygens (including phenoxy) is 1. The van der Waals surface area contributed by atoms with Gasteiger partial charge < -0.3 is 13.9 Å². The number of nitrogens with zero attached hydrogens (tertiary/aromatic N) is 5. The molecule has 4 aromatic rings. The van der Waals surface area contributed by atoms with E-state index < -0.39 is 0 Å². The lowest BCUT2D eigenvalue weighted by molar-refractivity contribution is 0.102. The Bertz CT molecular complexity index is 1300. The molecular formula is C25H26N6O2. The summed E-state index contributed by atoms with van der Waals surface area (Å²) in [6.07, 6.45) is 3.64.